The second-order valence-corrected chi connectivity index (χ2v) is 3.68. The Balaban J connectivity index is 2.35. The van der Waals surface area contributed by atoms with Gasteiger partial charge in [-0.2, -0.15) is 18.3 Å². The van der Waals surface area contributed by atoms with Gasteiger partial charge < -0.3 is 5.73 Å². The lowest BCUT2D eigenvalue weighted by Gasteiger charge is -2.25. The summed E-state index contributed by atoms with van der Waals surface area (Å²) in [4.78, 5) is 0. The first-order valence-electron chi connectivity index (χ1n) is 4.82. The standard InChI is InChI=1S/C10H9F4N3/c11-6-2-1-3-7(4-6)17-8(10(12,13)14)5-9(15)16-17/h1-4,8H,5H2,(H2,15,16). The minimum absolute atomic E-state index is 0.0350. The van der Waals surface area contributed by atoms with E-state index in [-0.39, 0.29) is 11.5 Å². The number of anilines is 1. The zero-order valence-electron chi connectivity index (χ0n) is 8.58. The van der Waals surface area contributed by atoms with Gasteiger partial charge in [-0.1, -0.05) is 6.07 Å². The summed E-state index contributed by atoms with van der Waals surface area (Å²) >= 11 is 0. The van der Waals surface area contributed by atoms with E-state index in [1.54, 1.807) is 0 Å². The average molecular weight is 247 g/mol. The number of halogens is 4. The van der Waals surface area contributed by atoms with E-state index >= 15 is 0 Å². The fraction of sp³-hybridized carbons (Fsp3) is 0.300. The number of hydrogen-bond donors (Lipinski definition) is 1. The summed E-state index contributed by atoms with van der Waals surface area (Å²) in [6.07, 6.45) is -4.86. The van der Waals surface area contributed by atoms with Gasteiger partial charge in [-0.25, -0.2) is 4.39 Å². The predicted molar refractivity (Wildman–Crippen MR) is 55.0 cm³/mol. The highest BCUT2D eigenvalue weighted by molar-refractivity contribution is 5.85. The first-order valence-corrected chi connectivity index (χ1v) is 4.82. The molecule has 0 spiro atoms. The predicted octanol–water partition coefficient (Wildman–Crippen LogP) is 2.24. The maximum Gasteiger partial charge on any atom is 0.411 e. The third-order valence-electron chi connectivity index (χ3n) is 2.38. The van der Waals surface area contributed by atoms with Crippen LogP contribution in [0.15, 0.2) is 29.4 Å². The molecule has 1 heterocycles. The molecule has 3 nitrogen and oxygen atoms in total. The Labute approximate surface area is 94.5 Å². The molecule has 0 aromatic heterocycles. The smallest absolute Gasteiger partial charge is 0.386 e. The maximum atomic E-state index is 13.0. The lowest BCUT2D eigenvalue weighted by atomic mass is 10.2. The number of nitrogens with two attached hydrogens (primary N) is 1. The van der Waals surface area contributed by atoms with Crippen LogP contribution < -0.4 is 10.7 Å². The molecule has 0 fully saturated rings. The van der Waals surface area contributed by atoms with Crippen molar-refractivity contribution < 1.29 is 17.6 Å². The highest BCUT2D eigenvalue weighted by Crippen LogP contribution is 2.34. The van der Waals surface area contributed by atoms with Gasteiger partial charge in [0.05, 0.1) is 5.69 Å². The van der Waals surface area contributed by atoms with E-state index in [0.717, 1.165) is 12.1 Å². The molecular formula is C10H9F4N3. The molecule has 0 radical (unpaired) electrons. The van der Waals surface area contributed by atoms with E-state index in [2.05, 4.69) is 5.10 Å². The molecule has 0 saturated carbocycles. The fourth-order valence-corrected chi connectivity index (χ4v) is 1.64. The molecule has 17 heavy (non-hydrogen) atoms. The molecule has 0 aliphatic carbocycles. The maximum absolute atomic E-state index is 13.0. The highest BCUT2D eigenvalue weighted by atomic mass is 19.4. The second kappa shape index (κ2) is 3.90. The first-order chi connectivity index (χ1) is 7.88. The van der Waals surface area contributed by atoms with E-state index < -0.39 is 24.5 Å². The Morgan fingerprint density at radius 1 is 1.35 bits per heavy atom. The Morgan fingerprint density at radius 3 is 2.65 bits per heavy atom. The summed E-state index contributed by atoms with van der Waals surface area (Å²) in [6, 6.07) is 2.98. The van der Waals surface area contributed by atoms with Crippen molar-refractivity contribution in [3.8, 4) is 0 Å². The molecule has 0 bridgehead atoms. The van der Waals surface area contributed by atoms with Crippen molar-refractivity contribution in [2.75, 3.05) is 5.01 Å². The van der Waals surface area contributed by atoms with E-state index in [9.17, 15) is 17.6 Å². The lowest BCUT2D eigenvalue weighted by molar-refractivity contribution is -0.145. The monoisotopic (exact) mass is 247 g/mol. The highest BCUT2D eigenvalue weighted by Gasteiger charge is 2.47. The van der Waals surface area contributed by atoms with E-state index in [4.69, 9.17) is 5.73 Å². The van der Waals surface area contributed by atoms with Crippen LogP contribution in [-0.2, 0) is 0 Å². The molecule has 0 saturated heterocycles. The molecule has 0 amide bonds. The first kappa shape index (κ1) is 11.7. The van der Waals surface area contributed by atoms with Crippen LogP contribution in [0.4, 0.5) is 23.2 Å². The van der Waals surface area contributed by atoms with Crippen LogP contribution in [-0.4, -0.2) is 18.1 Å². The number of amidine groups is 1. The van der Waals surface area contributed by atoms with Crippen molar-refractivity contribution in [2.45, 2.75) is 18.6 Å². The fourth-order valence-electron chi connectivity index (χ4n) is 1.64. The number of nitrogens with zero attached hydrogens (tertiary/aromatic N) is 2. The van der Waals surface area contributed by atoms with Crippen LogP contribution in [0, 0.1) is 5.82 Å². The summed E-state index contributed by atoms with van der Waals surface area (Å²) in [5.74, 6) is -0.735. The normalized spacial score (nSPS) is 20.6. The number of alkyl halides is 3. The SMILES string of the molecule is NC1=NN(c2cccc(F)c2)C(C(F)(F)F)C1. The molecule has 1 aliphatic heterocycles. The van der Waals surface area contributed by atoms with Gasteiger partial charge in [0.25, 0.3) is 0 Å². The van der Waals surface area contributed by atoms with Gasteiger partial charge >= 0.3 is 6.18 Å². The summed E-state index contributed by atoms with van der Waals surface area (Å²) in [6.45, 7) is 0. The quantitative estimate of drug-likeness (QED) is 0.773. The molecule has 1 unspecified atom stereocenters. The molecule has 1 aromatic carbocycles. The Morgan fingerprint density at radius 2 is 2.06 bits per heavy atom. The minimum Gasteiger partial charge on any atom is -0.386 e. The van der Waals surface area contributed by atoms with Gasteiger partial charge in [-0.05, 0) is 18.2 Å². The van der Waals surface area contributed by atoms with E-state index in [1.165, 1.54) is 12.1 Å². The van der Waals surface area contributed by atoms with Crippen LogP contribution in [0.5, 0.6) is 0 Å². The van der Waals surface area contributed by atoms with Crippen LogP contribution in [0.3, 0.4) is 0 Å². The van der Waals surface area contributed by atoms with Crippen LogP contribution in [0.25, 0.3) is 0 Å². The van der Waals surface area contributed by atoms with Gasteiger partial charge in [0.15, 0.2) is 6.04 Å². The number of hydrazone groups is 1. The van der Waals surface area contributed by atoms with E-state index in [0.29, 0.717) is 5.01 Å². The van der Waals surface area contributed by atoms with Crippen molar-refractivity contribution in [1.82, 2.24) is 0 Å². The number of rotatable bonds is 1. The second-order valence-electron chi connectivity index (χ2n) is 3.68. The summed E-state index contributed by atoms with van der Waals surface area (Å²) in [5, 5.41) is 4.30. The zero-order chi connectivity index (χ0) is 12.6. The molecule has 2 N–H and O–H groups in total. The zero-order valence-corrected chi connectivity index (χ0v) is 8.58. The number of benzene rings is 1. The van der Waals surface area contributed by atoms with Gasteiger partial charge in [-0.3, -0.25) is 5.01 Å². The Kier molecular flexibility index (Phi) is 2.68. The molecule has 1 aromatic rings. The van der Waals surface area contributed by atoms with Crippen LogP contribution in [0.2, 0.25) is 0 Å². The van der Waals surface area contributed by atoms with Crippen molar-refractivity contribution in [3.63, 3.8) is 0 Å². The van der Waals surface area contributed by atoms with Crippen molar-refractivity contribution in [1.29, 1.82) is 0 Å². The summed E-state index contributed by atoms with van der Waals surface area (Å²) < 4.78 is 51.1. The van der Waals surface area contributed by atoms with Crippen LogP contribution in [0.1, 0.15) is 6.42 Å². The summed E-state index contributed by atoms with van der Waals surface area (Å²) in [7, 11) is 0. The molecule has 1 aliphatic rings. The topological polar surface area (TPSA) is 41.6 Å². The van der Waals surface area contributed by atoms with Crippen molar-refractivity contribution in [2.24, 2.45) is 10.8 Å². The third-order valence-corrected chi connectivity index (χ3v) is 2.38. The van der Waals surface area contributed by atoms with Gasteiger partial charge in [0.1, 0.15) is 11.7 Å². The largest absolute Gasteiger partial charge is 0.411 e. The minimum atomic E-state index is -4.46. The van der Waals surface area contributed by atoms with Crippen LogP contribution >= 0.6 is 0 Å². The van der Waals surface area contributed by atoms with E-state index in [1.807, 2.05) is 0 Å². The number of hydrogen-bond acceptors (Lipinski definition) is 3. The van der Waals surface area contributed by atoms with Crippen molar-refractivity contribution in [3.05, 3.63) is 30.1 Å². The molecule has 7 heteroatoms. The lowest BCUT2D eigenvalue weighted by Crippen LogP contribution is -2.40. The summed E-state index contributed by atoms with van der Waals surface area (Å²) in [5.41, 5.74) is 5.34. The van der Waals surface area contributed by atoms with Gasteiger partial charge in [-0.15, -0.1) is 0 Å². The average Bonchev–Trinajstić information content (AvgIpc) is 2.60. The third kappa shape index (κ3) is 2.32. The molecule has 92 valence electrons. The molecule has 1 atom stereocenters. The van der Waals surface area contributed by atoms with Crippen molar-refractivity contribution >= 4 is 11.5 Å². The van der Waals surface area contributed by atoms with Gasteiger partial charge in [0, 0.05) is 6.42 Å². The Hall–Kier alpha value is -1.79. The molecular weight excluding hydrogens is 238 g/mol. The molecule has 2 rings (SSSR count). The Bertz CT molecular complexity index is 455. The van der Waals surface area contributed by atoms with Gasteiger partial charge in [0.2, 0.25) is 0 Å².